The fourth-order valence-corrected chi connectivity index (χ4v) is 5.04. The Morgan fingerprint density at radius 1 is 1.33 bits per heavy atom. The van der Waals surface area contributed by atoms with Gasteiger partial charge in [-0.2, -0.15) is 5.10 Å². The third-order valence-corrected chi connectivity index (χ3v) is 7.30. The topological polar surface area (TPSA) is 77.0 Å². The molecule has 6 nitrogen and oxygen atoms in total. The number of hydrogen-bond acceptors (Lipinski definition) is 6. The number of anilines is 1. The Morgan fingerprint density at radius 2 is 2.15 bits per heavy atom. The van der Waals surface area contributed by atoms with Crippen molar-refractivity contribution in [1.29, 1.82) is 0 Å². The van der Waals surface area contributed by atoms with Crippen LogP contribution < -0.4 is 10.1 Å². The van der Waals surface area contributed by atoms with Crippen LogP contribution in [-0.2, 0) is 10.2 Å². The van der Waals surface area contributed by atoms with E-state index in [1.807, 2.05) is 18.2 Å². The van der Waals surface area contributed by atoms with Gasteiger partial charge in [-0.25, -0.2) is 4.98 Å². The maximum atomic E-state index is 12.3. The number of nitrogens with one attached hydrogen (secondary N) is 1. The van der Waals surface area contributed by atoms with Gasteiger partial charge in [-0.05, 0) is 30.4 Å². The molecule has 2 atom stereocenters. The Hall–Kier alpha value is -2.15. The minimum Gasteiger partial charge on any atom is -0.497 e. The predicted molar refractivity (Wildman–Crippen MR) is 105 cm³/mol. The summed E-state index contributed by atoms with van der Waals surface area (Å²) in [7, 11) is 1.60. The summed E-state index contributed by atoms with van der Waals surface area (Å²) in [5.41, 5.74) is 3.04. The van der Waals surface area contributed by atoms with Crippen molar-refractivity contribution >= 4 is 23.4 Å². The van der Waals surface area contributed by atoms with E-state index in [0.717, 1.165) is 24.2 Å². The molecule has 0 spiro atoms. The number of ether oxygens (including phenoxy) is 1. The number of methoxy groups -OCH3 is 1. The molecule has 2 aliphatic rings. The number of carbonyl (C=O) groups excluding carboxylic acids is 1. The van der Waals surface area contributed by atoms with Gasteiger partial charge in [0.25, 0.3) is 0 Å². The maximum absolute atomic E-state index is 12.3. The highest BCUT2D eigenvalue weighted by molar-refractivity contribution is 7.99. The highest BCUT2D eigenvalue weighted by Crippen LogP contribution is 2.66. The smallest absolute Gasteiger partial charge is 0.234 e. The van der Waals surface area contributed by atoms with Crippen LogP contribution in [0.25, 0.3) is 0 Å². The molecule has 27 heavy (non-hydrogen) atoms. The Labute approximate surface area is 163 Å². The Balaban J connectivity index is 1.44. The lowest BCUT2D eigenvalue weighted by molar-refractivity contribution is -0.113. The second-order valence-corrected chi connectivity index (χ2v) is 8.98. The standard InChI is InChI=1S/C20H24N4O2S/c1-19(2)14-8-9-20(19,3)17-16(14)23-24-18(22-17)27-11-15(25)21-12-6-5-7-13(10-12)26-4/h5-7,10,14H,8-9,11H2,1-4H3,(H,21,25)/t14-,20-/m0/s1. The number of benzene rings is 1. The summed E-state index contributed by atoms with van der Waals surface area (Å²) in [6.45, 7) is 6.91. The van der Waals surface area contributed by atoms with E-state index in [9.17, 15) is 4.79 Å². The molecule has 1 saturated carbocycles. The first-order valence-electron chi connectivity index (χ1n) is 9.17. The number of carbonyl (C=O) groups is 1. The highest BCUT2D eigenvalue weighted by Gasteiger charge is 2.61. The lowest BCUT2D eigenvalue weighted by atomic mass is 9.70. The van der Waals surface area contributed by atoms with Crippen LogP contribution in [0.5, 0.6) is 5.75 Å². The van der Waals surface area contributed by atoms with Crippen LogP contribution in [0.15, 0.2) is 29.4 Å². The molecule has 0 radical (unpaired) electrons. The minimum atomic E-state index is -0.106. The maximum Gasteiger partial charge on any atom is 0.234 e. The Morgan fingerprint density at radius 3 is 2.93 bits per heavy atom. The summed E-state index contributed by atoms with van der Waals surface area (Å²) < 4.78 is 5.17. The quantitative estimate of drug-likeness (QED) is 0.791. The summed E-state index contributed by atoms with van der Waals surface area (Å²) in [6.07, 6.45) is 2.29. The molecular weight excluding hydrogens is 360 g/mol. The first kappa shape index (κ1) is 18.2. The molecule has 2 aliphatic carbocycles. The van der Waals surface area contributed by atoms with E-state index in [4.69, 9.17) is 9.72 Å². The molecule has 1 N–H and O–H groups in total. The van der Waals surface area contributed by atoms with Crippen LogP contribution in [0.1, 0.15) is 50.9 Å². The molecule has 0 aliphatic heterocycles. The molecule has 4 rings (SSSR count). The molecule has 0 saturated heterocycles. The summed E-state index contributed by atoms with van der Waals surface area (Å²) in [5.74, 6) is 1.28. The first-order valence-corrected chi connectivity index (χ1v) is 10.2. The second kappa shape index (κ2) is 6.48. The zero-order chi connectivity index (χ0) is 19.2. The highest BCUT2D eigenvalue weighted by atomic mass is 32.2. The fourth-order valence-electron chi connectivity index (χ4n) is 4.45. The van der Waals surface area contributed by atoms with E-state index in [1.165, 1.54) is 11.8 Å². The molecule has 7 heteroatoms. The van der Waals surface area contributed by atoms with Crippen molar-refractivity contribution in [3.63, 3.8) is 0 Å². The second-order valence-electron chi connectivity index (χ2n) is 8.04. The van der Waals surface area contributed by atoms with E-state index in [-0.39, 0.29) is 22.5 Å². The van der Waals surface area contributed by atoms with E-state index in [2.05, 4.69) is 36.3 Å². The van der Waals surface area contributed by atoms with Gasteiger partial charge in [-0.3, -0.25) is 4.79 Å². The molecule has 0 unspecified atom stereocenters. The van der Waals surface area contributed by atoms with Gasteiger partial charge in [0, 0.05) is 23.1 Å². The van der Waals surface area contributed by atoms with Crippen molar-refractivity contribution in [3.05, 3.63) is 35.7 Å². The molecule has 1 aromatic carbocycles. The van der Waals surface area contributed by atoms with Gasteiger partial charge in [0.1, 0.15) is 5.75 Å². The van der Waals surface area contributed by atoms with Crippen molar-refractivity contribution in [1.82, 2.24) is 15.2 Å². The average Bonchev–Trinajstić information content (AvgIpc) is 2.99. The van der Waals surface area contributed by atoms with Crippen LogP contribution >= 0.6 is 11.8 Å². The molecular formula is C20H24N4O2S. The van der Waals surface area contributed by atoms with Gasteiger partial charge in [0.05, 0.1) is 24.3 Å². The number of hydrogen-bond donors (Lipinski definition) is 1. The van der Waals surface area contributed by atoms with Crippen LogP contribution in [0.2, 0.25) is 0 Å². The zero-order valence-corrected chi connectivity index (χ0v) is 16.9. The van der Waals surface area contributed by atoms with E-state index < -0.39 is 0 Å². The number of fused-ring (bicyclic) bond motifs is 5. The van der Waals surface area contributed by atoms with E-state index >= 15 is 0 Å². The van der Waals surface area contributed by atoms with Crippen molar-refractivity contribution in [2.24, 2.45) is 5.41 Å². The number of thioether (sulfide) groups is 1. The third kappa shape index (κ3) is 2.88. The van der Waals surface area contributed by atoms with Crippen molar-refractivity contribution in [2.75, 3.05) is 18.2 Å². The van der Waals surface area contributed by atoms with Gasteiger partial charge >= 0.3 is 0 Å². The lowest BCUT2D eigenvalue weighted by Crippen LogP contribution is -2.32. The molecule has 142 valence electrons. The molecule has 2 aromatic rings. The Bertz CT molecular complexity index is 901. The zero-order valence-electron chi connectivity index (χ0n) is 16.1. The van der Waals surface area contributed by atoms with Gasteiger partial charge in [0.15, 0.2) is 0 Å². The van der Waals surface area contributed by atoms with E-state index in [1.54, 1.807) is 13.2 Å². The van der Waals surface area contributed by atoms with Crippen LogP contribution in [0, 0.1) is 5.41 Å². The largest absolute Gasteiger partial charge is 0.497 e. The van der Waals surface area contributed by atoms with Crippen LogP contribution in [0.3, 0.4) is 0 Å². The molecule has 1 heterocycles. The summed E-state index contributed by atoms with van der Waals surface area (Å²) >= 11 is 1.32. The van der Waals surface area contributed by atoms with Crippen LogP contribution in [0.4, 0.5) is 5.69 Å². The summed E-state index contributed by atoms with van der Waals surface area (Å²) in [5, 5.41) is 12.2. The van der Waals surface area contributed by atoms with E-state index in [0.29, 0.717) is 22.5 Å². The number of rotatable bonds is 5. The fraction of sp³-hybridized carbons (Fsp3) is 0.500. The SMILES string of the molecule is COc1cccc(NC(=O)CSc2nnc3c(n2)[C@]2(C)CC[C@@H]3C2(C)C)c1. The third-order valence-electron chi connectivity index (χ3n) is 6.46. The predicted octanol–water partition coefficient (Wildman–Crippen LogP) is 3.79. The number of amides is 1. The monoisotopic (exact) mass is 384 g/mol. The normalized spacial score (nSPS) is 24.5. The number of aromatic nitrogens is 3. The molecule has 1 aromatic heterocycles. The Kier molecular flexibility index (Phi) is 4.37. The lowest BCUT2D eigenvalue weighted by Gasteiger charge is -2.33. The van der Waals surface area contributed by atoms with Crippen molar-refractivity contribution in [3.8, 4) is 5.75 Å². The molecule has 1 amide bonds. The average molecular weight is 385 g/mol. The first-order chi connectivity index (χ1) is 12.8. The van der Waals surface area contributed by atoms with Crippen LogP contribution in [-0.4, -0.2) is 34.0 Å². The summed E-state index contributed by atoms with van der Waals surface area (Å²) in [4.78, 5) is 17.1. The van der Waals surface area contributed by atoms with Gasteiger partial charge in [-0.1, -0.05) is 38.6 Å². The molecule has 1 fully saturated rings. The van der Waals surface area contributed by atoms with Crippen molar-refractivity contribution in [2.45, 2.75) is 50.1 Å². The van der Waals surface area contributed by atoms with Gasteiger partial charge in [-0.15, -0.1) is 5.10 Å². The molecule has 2 bridgehead atoms. The number of nitrogens with zero attached hydrogens (tertiary/aromatic N) is 3. The summed E-state index contributed by atoms with van der Waals surface area (Å²) in [6, 6.07) is 7.30. The van der Waals surface area contributed by atoms with Gasteiger partial charge < -0.3 is 10.1 Å². The van der Waals surface area contributed by atoms with Crippen molar-refractivity contribution < 1.29 is 9.53 Å². The van der Waals surface area contributed by atoms with Gasteiger partial charge in [0.2, 0.25) is 11.1 Å². The minimum absolute atomic E-state index is 0.0428.